The lowest BCUT2D eigenvalue weighted by molar-refractivity contribution is -0.113. The highest BCUT2D eigenvalue weighted by Crippen LogP contribution is 2.40. The van der Waals surface area contributed by atoms with Crippen molar-refractivity contribution in [2.45, 2.75) is 0 Å². The van der Waals surface area contributed by atoms with Gasteiger partial charge in [-0.15, -0.1) is 0 Å². The van der Waals surface area contributed by atoms with Crippen LogP contribution in [0.2, 0.25) is 10.0 Å². The van der Waals surface area contributed by atoms with Gasteiger partial charge in [0.25, 0.3) is 5.91 Å². The van der Waals surface area contributed by atoms with E-state index in [1.807, 2.05) is 12.1 Å². The summed E-state index contributed by atoms with van der Waals surface area (Å²) >= 11 is 18.7. The normalized spacial score (nSPS) is 15.2. The molecule has 0 radical (unpaired) electrons. The van der Waals surface area contributed by atoms with Crippen molar-refractivity contribution in [3.63, 3.8) is 0 Å². The molecule has 3 aromatic rings. The van der Waals surface area contributed by atoms with Crippen molar-refractivity contribution in [2.75, 3.05) is 4.90 Å². The molecule has 0 aliphatic carbocycles. The summed E-state index contributed by atoms with van der Waals surface area (Å²) in [6, 6.07) is 17.7. The summed E-state index contributed by atoms with van der Waals surface area (Å²) in [5.41, 5.74) is 1.68. The van der Waals surface area contributed by atoms with Gasteiger partial charge in [-0.2, -0.15) is 5.26 Å². The Morgan fingerprint density at radius 3 is 2.69 bits per heavy atom. The molecule has 4 rings (SSSR count). The standard InChI is InChI=1S/C21H10Cl2N2O2S2/c22-13-5-7-17(16(23)9-13)25-20(26)19(29-21(25)28)10-14-6-8-18(27-14)15-4-2-1-3-12(15)11-24/h1-10H/b19-10-. The zero-order chi connectivity index (χ0) is 20.5. The van der Waals surface area contributed by atoms with Gasteiger partial charge in [0, 0.05) is 16.7 Å². The second-order valence-corrected chi connectivity index (χ2v) is 8.49. The topological polar surface area (TPSA) is 57.2 Å². The molecule has 29 heavy (non-hydrogen) atoms. The van der Waals surface area contributed by atoms with Crippen LogP contribution in [0.5, 0.6) is 0 Å². The van der Waals surface area contributed by atoms with Crippen molar-refractivity contribution < 1.29 is 9.21 Å². The van der Waals surface area contributed by atoms with Crippen LogP contribution in [0.1, 0.15) is 11.3 Å². The first-order valence-corrected chi connectivity index (χ1v) is 10.3. The molecule has 0 atom stereocenters. The van der Waals surface area contributed by atoms with E-state index in [2.05, 4.69) is 6.07 Å². The smallest absolute Gasteiger partial charge is 0.270 e. The number of rotatable bonds is 3. The quantitative estimate of drug-likeness (QED) is 0.331. The lowest BCUT2D eigenvalue weighted by Gasteiger charge is -2.16. The van der Waals surface area contributed by atoms with Gasteiger partial charge in [-0.25, -0.2) is 0 Å². The number of carbonyl (C=O) groups is 1. The first-order chi connectivity index (χ1) is 14.0. The van der Waals surface area contributed by atoms with Gasteiger partial charge in [0.2, 0.25) is 0 Å². The Labute approximate surface area is 186 Å². The van der Waals surface area contributed by atoms with Crippen molar-refractivity contribution >= 4 is 69.2 Å². The molecule has 0 spiro atoms. The Morgan fingerprint density at radius 1 is 1.14 bits per heavy atom. The molecule has 1 aromatic heterocycles. The largest absolute Gasteiger partial charge is 0.457 e. The third kappa shape index (κ3) is 3.83. The maximum absolute atomic E-state index is 12.9. The molecular formula is C21H10Cl2N2O2S2. The van der Waals surface area contributed by atoms with Gasteiger partial charge in [0.15, 0.2) is 4.32 Å². The summed E-state index contributed by atoms with van der Waals surface area (Å²) in [7, 11) is 0. The Balaban J connectivity index is 1.65. The second kappa shape index (κ2) is 8.05. The van der Waals surface area contributed by atoms with Crippen LogP contribution in [0.25, 0.3) is 17.4 Å². The molecule has 1 saturated heterocycles. The van der Waals surface area contributed by atoms with Crippen LogP contribution in [0.15, 0.2) is 63.9 Å². The van der Waals surface area contributed by atoms with Gasteiger partial charge in [-0.05, 0) is 42.5 Å². The number of carbonyl (C=O) groups excluding carboxylic acids is 1. The molecule has 1 aliphatic rings. The lowest BCUT2D eigenvalue weighted by Crippen LogP contribution is -2.27. The average Bonchev–Trinajstić information content (AvgIpc) is 3.27. The summed E-state index contributed by atoms with van der Waals surface area (Å²) in [6.45, 7) is 0. The summed E-state index contributed by atoms with van der Waals surface area (Å²) < 4.78 is 6.21. The molecular weight excluding hydrogens is 447 g/mol. The minimum atomic E-state index is -0.292. The fourth-order valence-corrected chi connectivity index (χ4v) is 4.60. The molecule has 142 valence electrons. The number of furan rings is 1. The minimum absolute atomic E-state index is 0.292. The maximum atomic E-state index is 12.9. The number of amides is 1. The third-order valence-electron chi connectivity index (χ3n) is 4.16. The second-order valence-electron chi connectivity index (χ2n) is 5.97. The highest BCUT2D eigenvalue weighted by Gasteiger charge is 2.34. The SMILES string of the molecule is N#Cc1ccccc1-c1ccc(/C=C2\SC(=S)N(c3ccc(Cl)cc3Cl)C2=O)o1. The van der Waals surface area contributed by atoms with Gasteiger partial charge < -0.3 is 4.42 Å². The van der Waals surface area contributed by atoms with Gasteiger partial charge in [0.05, 0.1) is 27.2 Å². The fourth-order valence-electron chi connectivity index (χ4n) is 2.84. The molecule has 2 heterocycles. The van der Waals surface area contributed by atoms with Crippen molar-refractivity contribution in [1.29, 1.82) is 5.26 Å². The molecule has 1 fully saturated rings. The number of nitriles is 1. The van der Waals surface area contributed by atoms with Crippen LogP contribution in [-0.4, -0.2) is 10.2 Å². The zero-order valence-electron chi connectivity index (χ0n) is 14.6. The minimum Gasteiger partial charge on any atom is -0.457 e. The van der Waals surface area contributed by atoms with E-state index in [0.29, 0.717) is 47.6 Å². The first-order valence-electron chi connectivity index (χ1n) is 8.30. The number of hydrogen-bond acceptors (Lipinski definition) is 5. The summed E-state index contributed by atoms with van der Waals surface area (Å²) in [5, 5.41) is 10.1. The van der Waals surface area contributed by atoms with E-state index in [1.54, 1.807) is 48.5 Å². The fraction of sp³-hybridized carbons (Fsp3) is 0. The predicted octanol–water partition coefficient (Wildman–Crippen LogP) is 6.53. The van der Waals surface area contributed by atoms with Crippen LogP contribution in [0.3, 0.4) is 0 Å². The van der Waals surface area contributed by atoms with Crippen LogP contribution < -0.4 is 4.90 Å². The van der Waals surface area contributed by atoms with E-state index < -0.39 is 0 Å². The summed E-state index contributed by atoms with van der Waals surface area (Å²) in [5.74, 6) is 0.736. The highest BCUT2D eigenvalue weighted by atomic mass is 35.5. The number of hydrogen-bond donors (Lipinski definition) is 0. The molecule has 0 N–H and O–H groups in total. The van der Waals surface area contributed by atoms with Crippen LogP contribution in [0, 0.1) is 11.3 Å². The average molecular weight is 457 g/mol. The van der Waals surface area contributed by atoms with E-state index in [0.717, 1.165) is 11.8 Å². The van der Waals surface area contributed by atoms with Crippen molar-refractivity contribution in [1.82, 2.24) is 0 Å². The summed E-state index contributed by atoms with van der Waals surface area (Å²) in [4.78, 5) is 14.7. The number of halogens is 2. The van der Waals surface area contributed by atoms with E-state index in [9.17, 15) is 10.1 Å². The molecule has 8 heteroatoms. The lowest BCUT2D eigenvalue weighted by atomic mass is 10.1. The van der Waals surface area contributed by atoms with E-state index in [-0.39, 0.29) is 5.91 Å². The molecule has 1 amide bonds. The monoisotopic (exact) mass is 456 g/mol. The number of thioether (sulfide) groups is 1. The third-order valence-corrected chi connectivity index (χ3v) is 6.00. The number of benzene rings is 2. The predicted molar refractivity (Wildman–Crippen MR) is 121 cm³/mol. The Kier molecular flexibility index (Phi) is 5.48. The van der Waals surface area contributed by atoms with Crippen LogP contribution >= 0.6 is 47.2 Å². The molecule has 4 nitrogen and oxygen atoms in total. The Hall–Kier alpha value is -2.56. The van der Waals surface area contributed by atoms with E-state index in [4.69, 9.17) is 39.8 Å². The number of anilines is 1. The van der Waals surface area contributed by atoms with E-state index >= 15 is 0 Å². The molecule has 0 unspecified atom stereocenters. The van der Waals surface area contributed by atoms with Crippen molar-refractivity contribution in [2.24, 2.45) is 0 Å². The first kappa shape index (κ1) is 19.7. The molecule has 1 aliphatic heterocycles. The van der Waals surface area contributed by atoms with Crippen LogP contribution in [0.4, 0.5) is 5.69 Å². The van der Waals surface area contributed by atoms with E-state index in [1.165, 1.54) is 4.90 Å². The van der Waals surface area contributed by atoms with Gasteiger partial charge in [0.1, 0.15) is 11.5 Å². The van der Waals surface area contributed by atoms with Crippen molar-refractivity contribution in [3.05, 3.63) is 80.9 Å². The Bertz CT molecular complexity index is 1230. The van der Waals surface area contributed by atoms with Crippen molar-refractivity contribution in [3.8, 4) is 17.4 Å². The van der Waals surface area contributed by atoms with Gasteiger partial charge >= 0.3 is 0 Å². The van der Waals surface area contributed by atoms with Gasteiger partial charge in [-0.3, -0.25) is 9.69 Å². The number of nitrogens with zero attached hydrogens (tertiary/aromatic N) is 2. The zero-order valence-corrected chi connectivity index (χ0v) is 17.7. The van der Waals surface area contributed by atoms with Crippen LogP contribution in [-0.2, 0) is 4.79 Å². The molecule has 0 bridgehead atoms. The summed E-state index contributed by atoms with van der Waals surface area (Å²) in [6.07, 6.45) is 1.63. The maximum Gasteiger partial charge on any atom is 0.270 e. The van der Waals surface area contributed by atoms with Gasteiger partial charge in [-0.1, -0.05) is 59.3 Å². The molecule has 2 aromatic carbocycles. The molecule has 0 saturated carbocycles. The number of thiocarbonyl (C=S) groups is 1. The highest BCUT2D eigenvalue weighted by molar-refractivity contribution is 8.27. The Morgan fingerprint density at radius 2 is 1.93 bits per heavy atom.